The van der Waals surface area contributed by atoms with Crippen molar-refractivity contribution in [1.29, 1.82) is 0 Å². The Balaban J connectivity index is 2.52. The van der Waals surface area contributed by atoms with E-state index in [0.29, 0.717) is 5.56 Å². The molecule has 1 aromatic carbocycles. The highest BCUT2D eigenvalue weighted by Crippen LogP contribution is 2.10. The summed E-state index contributed by atoms with van der Waals surface area (Å²) in [6.07, 6.45) is 0. The van der Waals surface area contributed by atoms with Crippen molar-refractivity contribution >= 4 is 5.91 Å². The van der Waals surface area contributed by atoms with Gasteiger partial charge >= 0.3 is 0 Å². The summed E-state index contributed by atoms with van der Waals surface area (Å²) >= 11 is 0. The molecular weight excluding hydrogens is 214 g/mol. The first kappa shape index (κ1) is 13.7. The predicted octanol–water partition coefficient (Wildman–Crippen LogP) is 0.745. The molecule has 4 heteroatoms. The van der Waals surface area contributed by atoms with E-state index in [4.69, 9.17) is 5.73 Å². The zero-order valence-electron chi connectivity index (χ0n) is 10.8. The van der Waals surface area contributed by atoms with Gasteiger partial charge in [0.1, 0.15) is 0 Å². The van der Waals surface area contributed by atoms with Gasteiger partial charge in [0.15, 0.2) is 0 Å². The van der Waals surface area contributed by atoms with Gasteiger partial charge in [-0.25, -0.2) is 0 Å². The third-order valence-electron chi connectivity index (χ3n) is 2.68. The van der Waals surface area contributed by atoms with Crippen molar-refractivity contribution in [3.63, 3.8) is 0 Å². The molecular formula is C13H21N3O. The minimum absolute atomic E-state index is 0.375. The molecule has 0 aromatic heterocycles. The van der Waals surface area contributed by atoms with Crippen molar-refractivity contribution in [2.24, 2.45) is 5.73 Å². The zero-order chi connectivity index (χ0) is 12.8. The highest BCUT2D eigenvalue weighted by atomic mass is 16.1. The number of nitrogens with two attached hydrogens (primary N) is 1. The van der Waals surface area contributed by atoms with Gasteiger partial charge in [-0.1, -0.05) is 6.07 Å². The fraction of sp³-hybridized carbons (Fsp3) is 0.462. The number of carbonyl (C=O) groups excluding carboxylic acids is 1. The molecule has 0 fully saturated rings. The maximum absolute atomic E-state index is 11.0. The monoisotopic (exact) mass is 235 g/mol. The summed E-state index contributed by atoms with van der Waals surface area (Å²) in [6.45, 7) is 4.77. The molecule has 1 aromatic rings. The summed E-state index contributed by atoms with van der Waals surface area (Å²) in [5.74, 6) is -0.375. The van der Waals surface area contributed by atoms with Crippen LogP contribution >= 0.6 is 0 Å². The van der Waals surface area contributed by atoms with E-state index in [0.717, 1.165) is 25.2 Å². The normalized spacial score (nSPS) is 10.8. The van der Waals surface area contributed by atoms with Crippen LogP contribution in [0.5, 0.6) is 0 Å². The van der Waals surface area contributed by atoms with Crippen molar-refractivity contribution in [3.8, 4) is 0 Å². The predicted molar refractivity (Wildman–Crippen MR) is 70.0 cm³/mol. The van der Waals surface area contributed by atoms with Crippen LogP contribution in [0.3, 0.4) is 0 Å². The van der Waals surface area contributed by atoms with Gasteiger partial charge < -0.3 is 16.0 Å². The lowest BCUT2D eigenvalue weighted by Crippen LogP contribution is -2.26. The van der Waals surface area contributed by atoms with E-state index in [1.807, 2.05) is 19.1 Å². The first-order valence-electron chi connectivity index (χ1n) is 5.75. The second kappa shape index (κ2) is 6.37. The smallest absolute Gasteiger partial charge is 0.248 e. The third-order valence-corrected chi connectivity index (χ3v) is 2.68. The average Bonchev–Trinajstić information content (AvgIpc) is 2.25. The molecule has 1 rings (SSSR count). The molecule has 1 amide bonds. The van der Waals surface area contributed by atoms with E-state index >= 15 is 0 Å². The van der Waals surface area contributed by atoms with E-state index in [-0.39, 0.29) is 5.91 Å². The van der Waals surface area contributed by atoms with Crippen molar-refractivity contribution < 1.29 is 4.79 Å². The number of hydrogen-bond donors (Lipinski definition) is 2. The number of rotatable bonds is 6. The van der Waals surface area contributed by atoms with Crippen LogP contribution in [-0.2, 0) is 6.54 Å². The first-order valence-corrected chi connectivity index (χ1v) is 5.75. The number of nitrogens with one attached hydrogen (secondary N) is 1. The lowest BCUT2D eigenvalue weighted by molar-refractivity contribution is 0.1000. The Bertz CT molecular complexity index is 388. The van der Waals surface area contributed by atoms with Crippen molar-refractivity contribution in [3.05, 3.63) is 34.9 Å². The Morgan fingerprint density at radius 1 is 1.41 bits per heavy atom. The van der Waals surface area contributed by atoms with E-state index in [1.54, 1.807) is 6.07 Å². The molecule has 0 atom stereocenters. The third kappa shape index (κ3) is 4.54. The fourth-order valence-corrected chi connectivity index (χ4v) is 1.57. The number of amides is 1. The van der Waals surface area contributed by atoms with Crippen LogP contribution in [0.2, 0.25) is 0 Å². The Kier molecular flexibility index (Phi) is 5.12. The van der Waals surface area contributed by atoms with Gasteiger partial charge in [-0.3, -0.25) is 4.79 Å². The SMILES string of the molecule is Cc1cc(C(N)=O)ccc1CNCCN(C)C. The van der Waals surface area contributed by atoms with Crippen LogP contribution in [0.15, 0.2) is 18.2 Å². The van der Waals surface area contributed by atoms with Gasteiger partial charge in [0.25, 0.3) is 0 Å². The summed E-state index contributed by atoms with van der Waals surface area (Å²) in [6, 6.07) is 5.57. The van der Waals surface area contributed by atoms with Crippen LogP contribution in [-0.4, -0.2) is 38.0 Å². The molecule has 0 saturated carbocycles. The van der Waals surface area contributed by atoms with Crippen molar-refractivity contribution in [2.45, 2.75) is 13.5 Å². The van der Waals surface area contributed by atoms with Crippen molar-refractivity contribution in [2.75, 3.05) is 27.2 Å². The second-order valence-electron chi connectivity index (χ2n) is 4.49. The number of primary amides is 1. The molecule has 0 unspecified atom stereocenters. The lowest BCUT2D eigenvalue weighted by Gasteiger charge is -2.12. The Morgan fingerprint density at radius 3 is 2.65 bits per heavy atom. The molecule has 0 aliphatic heterocycles. The number of aryl methyl sites for hydroxylation is 1. The first-order chi connectivity index (χ1) is 8.00. The molecule has 0 aliphatic rings. The summed E-state index contributed by atoms with van der Waals surface area (Å²) in [4.78, 5) is 13.1. The van der Waals surface area contributed by atoms with Crippen LogP contribution < -0.4 is 11.1 Å². The van der Waals surface area contributed by atoms with E-state index in [2.05, 4.69) is 24.3 Å². The maximum atomic E-state index is 11.0. The van der Waals surface area contributed by atoms with Crippen LogP contribution in [0.25, 0.3) is 0 Å². The van der Waals surface area contributed by atoms with E-state index < -0.39 is 0 Å². The maximum Gasteiger partial charge on any atom is 0.248 e. The molecule has 3 N–H and O–H groups in total. The van der Waals surface area contributed by atoms with Gasteiger partial charge in [0, 0.05) is 25.2 Å². The summed E-state index contributed by atoms with van der Waals surface area (Å²) in [7, 11) is 4.10. The van der Waals surface area contributed by atoms with Gasteiger partial charge in [-0.2, -0.15) is 0 Å². The molecule has 94 valence electrons. The molecule has 17 heavy (non-hydrogen) atoms. The van der Waals surface area contributed by atoms with Gasteiger partial charge in [-0.15, -0.1) is 0 Å². The van der Waals surface area contributed by atoms with E-state index in [9.17, 15) is 4.79 Å². The van der Waals surface area contributed by atoms with Crippen LogP contribution in [0.1, 0.15) is 21.5 Å². The molecule has 4 nitrogen and oxygen atoms in total. The lowest BCUT2D eigenvalue weighted by atomic mass is 10.0. The topological polar surface area (TPSA) is 58.4 Å². The number of carbonyl (C=O) groups is 1. The molecule has 0 aliphatic carbocycles. The van der Waals surface area contributed by atoms with Crippen LogP contribution in [0, 0.1) is 6.92 Å². The molecule has 0 heterocycles. The number of benzene rings is 1. The average molecular weight is 235 g/mol. The highest BCUT2D eigenvalue weighted by molar-refractivity contribution is 5.93. The molecule has 0 spiro atoms. The summed E-state index contributed by atoms with van der Waals surface area (Å²) in [5.41, 5.74) is 8.10. The Morgan fingerprint density at radius 2 is 2.12 bits per heavy atom. The highest BCUT2D eigenvalue weighted by Gasteiger charge is 2.03. The van der Waals surface area contributed by atoms with Crippen molar-refractivity contribution in [1.82, 2.24) is 10.2 Å². The van der Waals surface area contributed by atoms with Gasteiger partial charge in [0.05, 0.1) is 0 Å². The fourth-order valence-electron chi connectivity index (χ4n) is 1.57. The zero-order valence-corrected chi connectivity index (χ0v) is 10.8. The minimum Gasteiger partial charge on any atom is -0.366 e. The van der Waals surface area contributed by atoms with Gasteiger partial charge in [0.2, 0.25) is 5.91 Å². The Hall–Kier alpha value is -1.39. The van der Waals surface area contributed by atoms with Gasteiger partial charge in [-0.05, 0) is 44.3 Å². The van der Waals surface area contributed by atoms with E-state index in [1.165, 1.54) is 5.56 Å². The number of likely N-dealkylation sites (N-methyl/N-ethyl adjacent to an activating group) is 1. The second-order valence-corrected chi connectivity index (χ2v) is 4.49. The van der Waals surface area contributed by atoms with Crippen LogP contribution in [0.4, 0.5) is 0 Å². The largest absolute Gasteiger partial charge is 0.366 e. The number of nitrogens with zero attached hydrogens (tertiary/aromatic N) is 1. The summed E-state index contributed by atoms with van der Waals surface area (Å²) in [5, 5.41) is 3.36. The quantitative estimate of drug-likeness (QED) is 0.715. The minimum atomic E-state index is -0.375. The summed E-state index contributed by atoms with van der Waals surface area (Å²) < 4.78 is 0. The number of hydrogen-bond acceptors (Lipinski definition) is 3. The molecule has 0 bridgehead atoms. The Labute approximate surface area is 103 Å². The molecule has 0 radical (unpaired) electrons. The molecule has 0 saturated heterocycles. The standard InChI is InChI=1S/C13H21N3O/c1-10-8-11(13(14)17)4-5-12(10)9-15-6-7-16(2)3/h4-5,8,15H,6-7,9H2,1-3H3,(H2,14,17).